The average Bonchev–Trinajstić information content (AvgIpc) is 2.93. The fourth-order valence-electron chi connectivity index (χ4n) is 1.80. The maximum absolute atomic E-state index is 12.0. The van der Waals surface area contributed by atoms with E-state index in [0.717, 1.165) is 15.7 Å². The van der Waals surface area contributed by atoms with Gasteiger partial charge in [-0.25, -0.2) is 0 Å². The van der Waals surface area contributed by atoms with Crippen LogP contribution < -0.4 is 5.32 Å². The summed E-state index contributed by atoms with van der Waals surface area (Å²) in [6.07, 6.45) is 2.24. The summed E-state index contributed by atoms with van der Waals surface area (Å²) in [6.45, 7) is 5.70. The normalized spacial score (nSPS) is 11.9. The molecule has 4 nitrogen and oxygen atoms in total. The summed E-state index contributed by atoms with van der Waals surface area (Å²) in [5.41, 5.74) is 1.16. The number of hydrogen-bond donors (Lipinski definition) is 1. The molecule has 1 N–H and O–H groups in total. The minimum Gasteiger partial charge on any atom is -0.300 e. The second-order valence-corrected chi connectivity index (χ2v) is 6.78. The van der Waals surface area contributed by atoms with Crippen molar-refractivity contribution in [2.75, 3.05) is 11.1 Å². The lowest BCUT2D eigenvalue weighted by molar-refractivity contribution is -0.116. The summed E-state index contributed by atoms with van der Waals surface area (Å²) >= 11 is 2.94. The Morgan fingerprint density at radius 2 is 2.19 bits per heavy atom. The summed E-state index contributed by atoms with van der Waals surface area (Å²) < 4.78 is 0.835. The van der Waals surface area contributed by atoms with E-state index in [2.05, 4.69) is 22.1 Å². The number of aromatic nitrogens is 2. The van der Waals surface area contributed by atoms with Crippen LogP contribution in [0.1, 0.15) is 24.8 Å². The molecule has 0 unspecified atom stereocenters. The minimum absolute atomic E-state index is 0.0391. The van der Waals surface area contributed by atoms with Crippen molar-refractivity contribution in [1.82, 2.24) is 10.2 Å². The van der Waals surface area contributed by atoms with Gasteiger partial charge in [0, 0.05) is 12.2 Å². The van der Waals surface area contributed by atoms with E-state index in [1.165, 1.54) is 11.3 Å². The molecule has 0 aliphatic rings. The number of carbonyl (C=O) groups is 1. The van der Waals surface area contributed by atoms with Crippen molar-refractivity contribution in [1.29, 1.82) is 0 Å². The molecular formula is C15H17N3OS2. The molecule has 2 aromatic rings. The van der Waals surface area contributed by atoms with Crippen molar-refractivity contribution in [3.63, 3.8) is 0 Å². The van der Waals surface area contributed by atoms with Crippen LogP contribution in [-0.4, -0.2) is 21.9 Å². The SMILES string of the molecule is C=CCSc1nnc(NC(=O)C[C@H](C)c2ccccc2)s1. The molecule has 21 heavy (non-hydrogen) atoms. The second kappa shape index (κ2) is 7.95. The van der Waals surface area contributed by atoms with Gasteiger partial charge < -0.3 is 5.32 Å². The van der Waals surface area contributed by atoms with Crippen molar-refractivity contribution in [3.8, 4) is 0 Å². The third-order valence-electron chi connectivity index (χ3n) is 2.84. The lowest BCUT2D eigenvalue weighted by Gasteiger charge is -2.10. The Bertz CT molecular complexity index is 598. The molecule has 0 saturated carbocycles. The molecule has 110 valence electrons. The summed E-state index contributed by atoms with van der Waals surface area (Å²) in [5.74, 6) is 0.921. The Kier molecular flexibility index (Phi) is 5.95. The summed E-state index contributed by atoms with van der Waals surface area (Å²) in [7, 11) is 0. The van der Waals surface area contributed by atoms with E-state index in [1.54, 1.807) is 11.8 Å². The molecule has 1 atom stereocenters. The number of nitrogens with one attached hydrogen (secondary N) is 1. The summed E-state index contributed by atoms with van der Waals surface area (Å²) in [4.78, 5) is 12.0. The molecule has 1 aromatic heterocycles. The van der Waals surface area contributed by atoms with Crippen LogP contribution in [0.2, 0.25) is 0 Å². The first kappa shape index (κ1) is 15.7. The van der Waals surface area contributed by atoms with Crippen LogP contribution in [0.15, 0.2) is 47.3 Å². The lowest BCUT2D eigenvalue weighted by Crippen LogP contribution is -2.14. The van der Waals surface area contributed by atoms with Crippen LogP contribution >= 0.6 is 23.1 Å². The Labute approximate surface area is 132 Å². The molecule has 1 amide bonds. The molecule has 1 aromatic carbocycles. The average molecular weight is 319 g/mol. The second-order valence-electron chi connectivity index (χ2n) is 4.54. The molecule has 0 radical (unpaired) electrons. The largest absolute Gasteiger partial charge is 0.300 e. The highest BCUT2D eigenvalue weighted by Gasteiger charge is 2.13. The van der Waals surface area contributed by atoms with Gasteiger partial charge in [0.2, 0.25) is 11.0 Å². The highest BCUT2D eigenvalue weighted by molar-refractivity contribution is 8.01. The monoisotopic (exact) mass is 319 g/mol. The van der Waals surface area contributed by atoms with Crippen LogP contribution in [0.3, 0.4) is 0 Å². The van der Waals surface area contributed by atoms with Crippen molar-refractivity contribution < 1.29 is 4.79 Å². The number of rotatable bonds is 7. The van der Waals surface area contributed by atoms with Gasteiger partial charge in [-0.2, -0.15) is 0 Å². The Morgan fingerprint density at radius 1 is 1.43 bits per heavy atom. The summed E-state index contributed by atoms with van der Waals surface area (Å²) in [5, 5.41) is 11.3. The number of carbonyl (C=O) groups excluding carboxylic acids is 1. The van der Waals surface area contributed by atoms with Gasteiger partial charge in [-0.15, -0.1) is 16.8 Å². The zero-order chi connectivity index (χ0) is 15.1. The van der Waals surface area contributed by atoms with Crippen molar-refractivity contribution in [3.05, 3.63) is 48.6 Å². The van der Waals surface area contributed by atoms with E-state index < -0.39 is 0 Å². The third-order valence-corrected chi connectivity index (χ3v) is 4.81. The third kappa shape index (κ3) is 4.99. The maximum atomic E-state index is 12.0. The molecule has 6 heteroatoms. The number of benzene rings is 1. The molecule has 0 saturated heterocycles. The van der Waals surface area contributed by atoms with Gasteiger partial charge in [0.05, 0.1) is 0 Å². The van der Waals surface area contributed by atoms with E-state index in [4.69, 9.17) is 0 Å². The predicted octanol–water partition coefficient (Wildman–Crippen LogP) is 3.95. The van der Waals surface area contributed by atoms with Gasteiger partial charge in [0.15, 0.2) is 4.34 Å². The Balaban J connectivity index is 1.86. The van der Waals surface area contributed by atoms with Gasteiger partial charge in [-0.05, 0) is 11.5 Å². The highest BCUT2D eigenvalue weighted by Crippen LogP contribution is 2.26. The van der Waals surface area contributed by atoms with E-state index >= 15 is 0 Å². The minimum atomic E-state index is -0.0391. The number of amides is 1. The van der Waals surface area contributed by atoms with Gasteiger partial charge in [-0.3, -0.25) is 4.79 Å². The molecule has 2 rings (SSSR count). The zero-order valence-corrected chi connectivity index (χ0v) is 13.4. The first-order valence-corrected chi connectivity index (χ1v) is 8.41. The van der Waals surface area contributed by atoms with E-state index in [9.17, 15) is 4.79 Å². The highest BCUT2D eigenvalue weighted by atomic mass is 32.2. The fourth-order valence-corrected chi connectivity index (χ4v) is 3.33. The van der Waals surface area contributed by atoms with Crippen LogP contribution in [0.25, 0.3) is 0 Å². The first-order chi connectivity index (χ1) is 10.2. The van der Waals surface area contributed by atoms with Gasteiger partial charge in [0.1, 0.15) is 0 Å². The lowest BCUT2D eigenvalue weighted by atomic mass is 9.98. The maximum Gasteiger partial charge on any atom is 0.226 e. The fraction of sp³-hybridized carbons (Fsp3) is 0.267. The molecule has 0 fully saturated rings. The molecule has 0 aliphatic heterocycles. The van der Waals surface area contributed by atoms with Gasteiger partial charge >= 0.3 is 0 Å². The molecule has 0 bridgehead atoms. The van der Waals surface area contributed by atoms with E-state index in [1.807, 2.05) is 43.3 Å². The number of thioether (sulfide) groups is 1. The standard InChI is InChI=1S/C15H17N3OS2/c1-3-9-20-15-18-17-14(21-15)16-13(19)10-11(2)12-7-5-4-6-8-12/h3-8,11H,1,9-10H2,2H3,(H,16,17,19)/t11-/m0/s1. The molecule has 0 spiro atoms. The van der Waals surface area contributed by atoms with Crippen molar-refractivity contribution in [2.24, 2.45) is 0 Å². The number of nitrogens with zero attached hydrogens (tertiary/aromatic N) is 2. The zero-order valence-electron chi connectivity index (χ0n) is 11.8. The van der Waals surface area contributed by atoms with Crippen molar-refractivity contribution in [2.45, 2.75) is 23.6 Å². The van der Waals surface area contributed by atoms with Gasteiger partial charge in [0.25, 0.3) is 0 Å². The first-order valence-electron chi connectivity index (χ1n) is 6.61. The molecule has 0 aliphatic carbocycles. The van der Waals surface area contributed by atoms with Crippen LogP contribution in [0.5, 0.6) is 0 Å². The smallest absolute Gasteiger partial charge is 0.226 e. The number of anilines is 1. The van der Waals surface area contributed by atoms with Crippen LogP contribution in [0.4, 0.5) is 5.13 Å². The Morgan fingerprint density at radius 3 is 2.90 bits per heavy atom. The van der Waals surface area contributed by atoms with E-state index in [-0.39, 0.29) is 11.8 Å². The van der Waals surface area contributed by atoms with Crippen LogP contribution in [0, 0.1) is 0 Å². The molecular weight excluding hydrogens is 302 g/mol. The van der Waals surface area contributed by atoms with E-state index in [0.29, 0.717) is 11.6 Å². The van der Waals surface area contributed by atoms with Crippen molar-refractivity contribution >= 4 is 34.1 Å². The number of hydrogen-bond acceptors (Lipinski definition) is 5. The Hall–Kier alpha value is -1.66. The van der Waals surface area contributed by atoms with Gasteiger partial charge in [-0.1, -0.05) is 66.4 Å². The predicted molar refractivity (Wildman–Crippen MR) is 88.9 cm³/mol. The van der Waals surface area contributed by atoms with Crippen LogP contribution in [-0.2, 0) is 4.79 Å². The quantitative estimate of drug-likeness (QED) is 0.477. The summed E-state index contributed by atoms with van der Waals surface area (Å²) in [6, 6.07) is 10.0. The molecule has 1 heterocycles. The topological polar surface area (TPSA) is 54.9 Å².